The van der Waals surface area contributed by atoms with Crippen molar-refractivity contribution in [3.8, 4) is 0 Å². The molecule has 1 atom stereocenters. The van der Waals surface area contributed by atoms with Crippen LogP contribution in [0.25, 0.3) is 0 Å². The molecule has 0 aliphatic carbocycles. The molecule has 1 rings (SSSR count). The Labute approximate surface area is 109 Å². The number of halogens is 1. The predicted octanol–water partition coefficient (Wildman–Crippen LogP) is 1.90. The Morgan fingerprint density at radius 3 is 2.56 bits per heavy atom. The molecule has 1 aromatic carbocycles. The molecule has 4 nitrogen and oxygen atoms in total. The summed E-state index contributed by atoms with van der Waals surface area (Å²) in [6, 6.07) is 5.10. The smallest absolute Gasteiger partial charge is 0.325 e. The van der Waals surface area contributed by atoms with Gasteiger partial charge < -0.3 is 10.4 Å². The molecule has 6 heteroatoms. The molecular weight excluding hydrogens is 257 g/mol. The first-order valence-corrected chi connectivity index (χ1v) is 6.38. The Kier molecular flexibility index (Phi) is 5.64. The van der Waals surface area contributed by atoms with Crippen molar-refractivity contribution < 1.29 is 19.1 Å². The van der Waals surface area contributed by atoms with Crippen LogP contribution in [0, 0.1) is 5.82 Å². The van der Waals surface area contributed by atoms with Crippen molar-refractivity contribution >= 4 is 23.6 Å². The molecule has 1 unspecified atom stereocenters. The molecule has 18 heavy (non-hydrogen) atoms. The van der Waals surface area contributed by atoms with Crippen LogP contribution in [-0.4, -0.2) is 28.8 Å². The molecule has 0 aliphatic rings. The predicted molar refractivity (Wildman–Crippen MR) is 67.0 cm³/mol. The number of aliphatic carboxylic acids is 1. The van der Waals surface area contributed by atoms with E-state index in [1.807, 2.05) is 0 Å². The van der Waals surface area contributed by atoms with E-state index in [-0.39, 0.29) is 18.1 Å². The highest BCUT2D eigenvalue weighted by atomic mass is 32.2. The van der Waals surface area contributed by atoms with Gasteiger partial charge in [0.25, 0.3) is 0 Å². The molecule has 0 aromatic heterocycles. The molecule has 0 radical (unpaired) electrons. The summed E-state index contributed by atoms with van der Waals surface area (Å²) in [6.07, 6.45) is 0.222. The Hall–Kier alpha value is -1.56. The third kappa shape index (κ3) is 5.18. The summed E-state index contributed by atoms with van der Waals surface area (Å²) in [5.41, 5.74) is 0. The van der Waals surface area contributed by atoms with Gasteiger partial charge in [-0.1, -0.05) is 0 Å². The second kappa shape index (κ2) is 7.00. The Balaban J connectivity index is 2.27. The topological polar surface area (TPSA) is 66.4 Å². The lowest BCUT2D eigenvalue weighted by atomic mass is 10.3. The van der Waals surface area contributed by atoms with Crippen molar-refractivity contribution in [2.75, 3.05) is 5.75 Å². The number of benzene rings is 1. The van der Waals surface area contributed by atoms with Crippen LogP contribution < -0.4 is 5.32 Å². The first kappa shape index (κ1) is 14.5. The summed E-state index contributed by atoms with van der Waals surface area (Å²) in [6.45, 7) is 1.41. The molecule has 0 fully saturated rings. The van der Waals surface area contributed by atoms with Gasteiger partial charge in [0.05, 0.1) is 0 Å². The van der Waals surface area contributed by atoms with Gasteiger partial charge in [0, 0.05) is 17.1 Å². The molecule has 0 saturated carbocycles. The molecule has 2 N–H and O–H groups in total. The molecule has 0 heterocycles. The summed E-state index contributed by atoms with van der Waals surface area (Å²) in [5.74, 6) is -1.15. The lowest BCUT2D eigenvalue weighted by Crippen LogP contribution is -2.38. The van der Waals surface area contributed by atoms with E-state index in [0.717, 1.165) is 4.90 Å². The van der Waals surface area contributed by atoms with Crippen molar-refractivity contribution in [1.82, 2.24) is 5.32 Å². The maximum Gasteiger partial charge on any atom is 0.325 e. The van der Waals surface area contributed by atoms with Gasteiger partial charge in [-0.3, -0.25) is 9.59 Å². The molecule has 0 saturated heterocycles. The van der Waals surface area contributed by atoms with Crippen LogP contribution in [0.2, 0.25) is 0 Å². The zero-order valence-corrected chi connectivity index (χ0v) is 10.7. The van der Waals surface area contributed by atoms with E-state index >= 15 is 0 Å². The fraction of sp³-hybridized carbons (Fsp3) is 0.333. The zero-order valence-electron chi connectivity index (χ0n) is 9.85. The summed E-state index contributed by atoms with van der Waals surface area (Å²) >= 11 is 1.42. The van der Waals surface area contributed by atoms with Crippen LogP contribution in [0.1, 0.15) is 13.3 Å². The van der Waals surface area contributed by atoms with E-state index in [1.54, 1.807) is 12.1 Å². The molecule has 0 bridgehead atoms. The number of carboxylic acids is 1. The molecule has 1 aromatic rings. The van der Waals surface area contributed by atoms with E-state index in [0.29, 0.717) is 5.75 Å². The molecular formula is C12H14FNO3S. The Morgan fingerprint density at radius 1 is 1.39 bits per heavy atom. The Morgan fingerprint density at radius 2 is 2.00 bits per heavy atom. The number of amides is 1. The standard InChI is InChI=1S/C12H14FNO3S/c1-8(12(16)17)14-11(15)6-7-18-10-4-2-9(13)3-5-10/h2-5,8H,6-7H2,1H3,(H,14,15)(H,16,17). The fourth-order valence-corrected chi connectivity index (χ4v) is 2.02. The summed E-state index contributed by atoms with van der Waals surface area (Å²) in [4.78, 5) is 22.7. The minimum Gasteiger partial charge on any atom is -0.480 e. The third-order valence-electron chi connectivity index (χ3n) is 2.16. The highest BCUT2D eigenvalue weighted by Crippen LogP contribution is 2.18. The number of rotatable bonds is 6. The summed E-state index contributed by atoms with van der Waals surface area (Å²) in [5, 5.41) is 11.0. The monoisotopic (exact) mass is 271 g/mol. The van der Waals surface area contributed by atoms with E-state index in [4.69, 9.17) is 5.11 Å². The van der Waals surface area contributed by atoms with Gasteiger partial charge >= 0.3 is 5.97 Å². The van der Waals surface area contributed by atoms with Crippen LogP contribution in [0.4, 0.5) is 4.39 Å². The van der Waals surface area contributed by atoms with E-state index in [1.165, 1.54) is 30.8 Å². The fourth-order valence-electron chi connectivity index (χ4n) is 1.17. The van der Waals surface area contributed by atoms with Crippen LogP contribution in [-0.2, 0) is 9.59 Å². The van der Waals surface area contributed by atoms with Crippen LogP contribution in [0.5, 0.6) is 0 Å². The quantitative estimate of drug-likeness (QED) is 0.775. The van der Waals surface area contributed by atoms with Crippen LogP contribution in [0.15, 0.2) is 29.2 Å². The van der Waals surface area contributed by atoms with Gasteiger partial charge in [0.15, 0.2) is 0 Å². The first-order chi connectivity index (χ1) is 8.49. The van der Waals surface area contributed by atoms with E-state index in [2.05, 4.69) is 5.32 Å². The average molecular weight is 271 g/mol. The number of nitrogens with one attached hydrogen (secondary N) is 1. The summed E-state index contributed by atoms with van der Waals surface area (Å²) in [7, 11) is 0. The Bertz CT molecular complexity index is 422. The minimum atomic E-state index is -1.06. The molecule has 0 aliphatic heterocycles. The van der Waals surface area contributed by atoms with Gasteiger partial charge in [0.1, 0.15) is 11.9 Å². The van der Waals surface area contributed by atoms with E-state index < -0.39 is 12.0 Å². The number of carbonyl (C=O) groups excluding carboxylic acids is 1. The zero-order chi connectivity index (χ0) is 13.5. The van der Waals surface area contributed by atoms with Crippen molar-refractivity contribution in [3.63, 3.8) is 0 Å². The minimum absolute atomic E-state index is 0.222. The van der Waals surface area contributed by atoms with Gasteiger partial charge in [-0.05, 0) is 31.2 Å². The number of hydrogen-bond acceptors (Lipinski definition) is 3. The first-order valence-electron chi connectivity index (χ1n) is 5.39. The SMILES string of the molecule is CC(NC(=O)CCSc1ccc(F)cc1)C(=O)O. The van der Waals surface area contributed by atoms with E-state index in [9.17, 15) is 14.0 Å². The third-order valence-corrected chi connectivity index (χ3v) is 3.17. The van der Waals surface area contributed by atoms with Gasteiger partial charge in [0.2, 0.25) is 5.91 Å². The van der Waals surface area contributed by atoms with Crippen molar-refractivity contribution in [2.45, 2.75) is 24.3 Å². The number of carbonyl (C=O) groups is 2. The maximum atomic E-state index is 12.6. The highest BCUT2D eigenvalue weighted by molar-refractivity contribution is 7.99. The average Bonchev–Trinajstić information content (AvgIpc) is 2.31. The number of hydrogen-bond donors (Lipinski definition) is 2. The van der Waals surface area contributed by atoms with Crippen molar-refractivity contribution in [2.24, 2.45) is 0 Å². The lowest BCUT2D eigenvalue weighted by Gasteiger charge is -2.08. The highest BCUT2D eigenvalue weighted by Gasteiger charge is 2.13. The van der Waals surface area contributed by atoms with Crippen molar-refractivity contribution in [1.29, 1.82) is 0 Å². The normalized spacial score (nSPS) is 11.9. The van der Waals surface area contributed by atoms with Gasteiger partial charge in [-0.15, -0.1) is 11.8 Å². The molecule has 1 amide bonds. The molecule has 98 valence electrons. The number of thioether (sulfide) groups is 1. The van der Waals surface area contributed by atoms with Crippen LogP contribution >= 0.6 is 11.8 Å². The second-order valence-corrected chi connectivity index (χ2v) is 4.85. The molecule has 0 spiro atoms. The summed E-state index contributed by atoms with van der Waals surface area (Å²) < 4.78 is 12.6. The van der Waals surface area contributed by atoms with Crippen molar-refractivity contribution in [3.05, 3.63) is 30.1 Å². The second-order valence-electron chi connectivity index (χ2n) is 3.68. The lowest BCUT2D eigenvalue weighted by molar-refractivity contribution is -0.141. The van der Waals surface area contributed by atoms with Gasteiger partial charge in [-0.2, -0.15) is 0 Å². The maximum absolute atomic E-state index is 12.6. The number of carboxylic acid groups (broad SMARTS) is 1. The van der Waals surface area contributed by atoms with Gasteiger partial charge in [-0.25, -0.2) is 4.39 Å². The van der Waals surface area contributed by atoms with Crippen LogP contribution in [0.3, 0.4) is 0 Å². The largest absolute Gasteiger partial charge is 0.480 e.